The molecular weight excluding hydrogens is 258 g/mol. The van der Waals surface area contributed by atoms with E-state index in [2.05, 4.69) is 11.1 Å². The van der Waals surface area contributed by atoms with E-state index in [1.54, 1.807) is 0 Å². The molecule has 0 unspecified atom stereocenters. The van der Waals surface area contributed by atoms with Crippen LogP contribution in [0, 0.1) is 0 Å². The first-order valence-electron chi connectivity index (χ1n) is 6.34. The summed E-state index contributed by atoms with van der Waals surface area (Å²) in [7, 11) is 0. The van der Waals surface area contributed by atoms with E-state index in [9.17, 15) is 4.79 Å². The number of hydrogen-bond acceptors (Lipinski definition) is 4. The molecule has 3 rings (SSSR count). The van der Waals surface area contributed by atoms with Gasteiger partial charge in [-0.05, 0) is 24.6 Å². The van der Waals surface area contributed by atoms with Gasteiger partial charge in [-0.3, -0.25) is 4.79 Å². The van der Waals surface area contributed by atoms with Crippen molar-refractivity contribution in [2.45, 2.75) is 12.8 Å². The molecule has 1 amide bonds. The summed E-state index contributed by atoms with van der Waals surface area (Å²) >= 11 is 1.50. The molecule has 0 bridgehead atoms. The SMILES string of the molecule is NCCc1nc(C(=O)N2CCc3ccccc32)cs1. The molecule has 2 heterocycles. The molecule has 1 aliphatic heterocycles. The Kier molecular flexibility index (Phi) is 3.31. The normalized spacial score (nSPS) is 13.6. The van der Waals surface area contributed by atoms with Gasteiger partial charge in [0, 0.05) is 24.0 Å². The van der Waals surface area contributed by atoms with Crippen LogP contribution in [0.5, 0.6) is 0 Å². The van der Waals surface area contributed by atoms with E-state index in [1.165, 1.54) is 16.9 Å². The van der Waals surface area contributed by atoms with Crippen LogP contribution in [0.15, 0.2) is 29.6 Å². The van der Waals surface area contributed by atoms with Gasteiger partial charge in [0.15, 0.2) is 0 Å². The van der Waals surface area contributed by atoms with E-state index in [0.717, 1.165) is 30.1 Å². The maximum Gasteiger partial charge on any atom is 0.277 e. The summed E-state index contributed by atoms with van der Waals surface area (Å²) in [5, 5.41) is 2.76. The second-order valence-corrected chi connectivity index (χ2v) is 5.44. The first-order valence-corrected chi connectivity index (χ1v) is 7.22. The smallest absolute Gasteiger partial charge is 0.277 e. The minimum Gasteiger partial charge on any atom is -0.330 e. The van der Waals surface area contributed by atoms with Gasteiger partial charge in [0.1, 0.15) is 5.69 Å². The molecule has 0 radical (unpaired) electrons. The van der Waals surface area contributed by atoms with E-state index < -0.39 is 0 Å². The zero-order valence-corrected chi connectivity index (χ0v) is 11.3. The fraction of sp³-hybridized carbons (Fsp3) is 0.286. The fourth-order valence-electron chi connectivity index (χ4n) is 2.33. The summed E-state index contributed by atoms with van der Waals surface area (Å²) in [6, 6.07) is 8.04. The first-order chi connectivity index (χ1) is 9.29. The summed E-state index contributed by atoms with van der Waals surface area (Å²) in [6.07, 6.45) is 1.65. The second kappa shape index (κ2) is 5.11. The van der Waals surface area contributed by atoms with Crippen LogP contribution in [-0.2, 0) is 12.8 Å². The lowest BCUT2D eigenvalue weighted by Gasteiger charge is -2.15. The Morgan fingerprint density at radius 2 is 2.26 bits per heavy atom. The molecule has 1 aromatic carbocycles. The molecule has 1 aliphatic rings. The van der Waals surface area contributed by atoms with Gasteiger partial charge < -0.3 is 10.6 Å². The van der Waals surface area contributed by atoms with Gasteiger partial charge in [0.05, 0.1) is 5.01 Å². The Hall–Kier alpha value is -1.72. The number of aromatic nitrogens is 1. The average molecular weight is 273 g/mol. The van der Waals surface area contributed by atoms with Gasteiger partial charge in [-0.1, -0.05) is 18.2 Å². The van der Waals surface area contributed by atoms with E-state index in [4.69, 9.17) is 5.73 Å². The molecule has 19 heavy (non-hydrogen) atoms. The number of carbonyl (C=O) groups is 1. The number of hydrogen-bond donors (Lipinski definition) is 1. The fourth-order valence-corrected chi connectivity index (χ4v) is 3.12. The molecular formula is C14H15N3OS. The summed E-state index contributed by atoms with van der Waals surface area (Å²) < 4.78 is 0. The molecule has 5 heteroatoms. The molecule has 4 nitrogen and oxygen atoms in total. The van der Waals surface area contributed by atoms with Crippen molar-refractivity contribution in [1.82, 2.24) is 4.98 Å². The highest BCUT2D eigenvalue weighted by molar-refractivity contribution is 7.09. The molecule has 1 aromatic heterocycles. The molecule has 0 atom stereocenters. The average Bonchev–Trinajstić information content (AvgIpc) is 3.05. The van der Waals surface area contributed by atoms with Gasteiger partial charge in [0.2, 0.25) is 0 Å². The summed E-state index contributed by atoms with van der Waals surface area (Å²) in [5.74, 6) is -0.00975. The molecule has 0 saturated carbocycles. The molecule has 2 N–H and O–H groups in total. The first kappa shape index (κ1) is 12.3. The van der Waals surface area contributed by atoms with E-state index >= 15 is 0 Å². The molecule has 2 aromatic rings. The quantitative estimate of drug-likeness (QED) is 0.928. The van der Waals surface area contributed by atoms with Crippen molar-refractivity contribution >= 4 is 22.9 Å². The standard InChI is InChI=1S/C14H15N3OS/c15-7-5-13-16-11(9-19-13)14(18)17-8-6-10-3-1-2-4-12(10)17/h1-4,9H,5-8,15H2. The number of fused-ring (bicyclic) bond motifs is 1. The summed E-state index contributed by atoms with van der Waals surface area (Å²) in [4.78, 5) is 18.6. The maximum atomic E-state index is 12.5. The lowest BCUT2D eigenvalue weighted by molar-refractivity contribution is 0.0985. The Labute approximate surface area is 115 Å². The topological polar surface area (TPSA) is 59.2 Å². The number of nitrogens with two attached hydrogens (primary N) is 1. The number of rotatable bonds is 3. The van der Waals surface area contributed by atoms with Crippen molar-refractivity contribution in [3.8, 4) is 0 Å². The number of amides is 1. The van der Waals surface area contributed by atoms with Crippen LogP contribution in [0.1, 0.15) is 21.1 Å². The van der Waals surface area contributed by atoms with Crippen LogP contribution in [0.3, 0.4) is 0 Å². The summed E-state index contributed by atoms with van der Waals surface area (Å²) in [6.45, 7) is 1.30. The van der Waals surface area contributed by atoms with Gasteiger partial charge in [0.25, 0.3) is 5.91 Å². The van der Waals surface area contributed by atoms with Gasteiger partial charge in [-0.2, -0.15) is 0 Å². The minimum atomic E-state index is -0.00975. The molecule has 0 fully saturated rings. The third kappa shape index (κ3) is 2.27. The van der Waals surface area contributed by atoms with Crippen LogP contribution in [-0.4, -0.2) is 24.0 Å². The Bertz CT molecular complexity index is 608. The Balaban J connectivity index is 1.85. The van der Waals surface area contributed by atoms with Crippen molar-refractivity contribution in [3.05, 3.63) is 45.9 Å². The molecule has 98 valence electrons. The highest BCUT2D eigenvalue weighted by Crippen LogP contribution is 2.29. The number of benzene rings is 1. The molecule has 0 saturated heterocycles. The van der Waals surface area contributed by atoms with Crippen molar-refractivity contribution < 1.29 is 4.79 Å². The maximum absolute atomic E-state index is 12.5. The van der Waals surface area contributed by atoms with Crippen LogP contribution in [0.25, 0.3) is 0 Å². The van der Waals surface area contributed by atoms with Crippen LogP contribution in [0.4, 0.5) is 5.69 Å². The van der Waals surface area contributed by atoms with E-state index in [1.807, 2.05) is 28.5 Å². The summed E-state index contributed by atoms with van der Waals surface area (Å²) in [5.41, 5.74) is 8.28. The van der Waals surface area contributed by atoms with Crippen molar-refractivity contribution in [2.75, 3.05) is 18.0 Å². The zero-order valence-electron chi connectivity index (χ0n) is 10.5. The largest absolute Gasteiger partial charge is 0.330 e. The Morgan fingerprint density at radius 1 is 1.42 bits per heavy atom. The van der Waals surface area contributed by atoms with Gasteiger partial charge >= 0.3 is 0 Å². The predicted molar refractivity (Wildman–Crippen MR) is 76.7 cm³/mol. The third-order valence-electron chi connectivity index (χ3n) is 3.26. The number of nitrogens with zero attached hydrogens (tertiary/aromatic N) is 2. The van der Waals surface area contributed by atoms with Gasteiger partial charge in [-0.25, -0.2) is 4.98 Å². The number of carbonyl (C=O) groups excluding carboxylic acids is 1. The predicted octanol–water partition coefficient (Wildman–Crippen LogP) is 1.85. The lowest BCUT2D eigenvalue weighted by Crippen LogP contribution is -2.29. The van der Waals surface area contributed by atoms with Crippen molar-refractivity contribution in [2.24, 2.45) is 5.73 Å². The number of thiazole rings is 1. The van der Waals surface area contributed by atoms with Gasteiger partial charge in [-0.15, -0.1) is 11.3 Å². The van der Waals surface area contributed by atoms with Crippen molar-refractivity contribution in [3.63, 3.8) is 0 Å². The second-order valence-electron chi connectivity index (χ2n) is 4.50. The third-order valence-corrected chi connectivity index (χ3v) is 4.17. The van der Waals surface area contributed by atoms with Crippen LogP contribution >= 0.6 is 11.3 Å². The number of anilines is 1. The van der Waals surface area contributed by atoms with Crippen molar-refractivity contribution in [1.29, 1.82) is 0 Å². The Morgan fingerprint density at radius 3 is 3.11 bits per heavy atom. The zero-order chi connectivity index (χ0) is 13.2. The highest BCUT2D eigenvalue weighted by atomic mass is 32.1. The highest BCUT2D eigenvalue weighted by Gasteiger charge is 2.26. The molecule has 0 aliphatic carbocycles. The van der Waals surface area contributed by atoms with E-state index in [-0.39, 0.29) is 5.91 Å². The number of para-hydroxylation sites is 1. The monoisotopic (exact) mass is 273 g/mol. The molecule has 0 spiro atoms. The van der Waals surface area contributed by atoms with Crippen LogP contribution < -0.4 is 10.6 Å². The van der Waals surface area contributed by atoms with E-state index in [0.29, 0.717) is 12.2 Å². The lowest BCUT2D eigenvalue weighted by atomic mass is 10.2. The van der Waals surface area contributed by atoms with Crippen LogP contribution in [0.2, 0.25) is 0 Å². The minimum absolute atomic E-state index is 0.00975.